The SMILES string of the molecule is CC(CNCc1ccc2c(c1)OCO2)C1CC1. The molecule has 2 aliphatic rings. The van der Waals surface area contributed by atoms with Gasteiger partial charge in [-0.2, -0.15) is 0 Å². The zero-order valence-corrected chi connectivity index (χ0v) is 10.2. The van der Waals surface area contributed by atoms with E-state index in [9.17, 15) is 0 Å². The lowest BCUT2D eigenvalue weighted by atomic mass is 10.1. The molecule has 1 aromatic carbocycles. The standard InChI is InChI=1S/C14H19NO2/c1-10(12-3-4-12)7-15-8-11-2-5-13-14(6-11)17-9-16-13/h2,5-6,10,12,15H,3-4,7-9H2,1H3. The summed E-state index contributed by atoms with van der Waals surface area (Å²) in [5.74, 6) is 3.52. The minimum atomic E-state index is 0.352. The van der Waals surface area contributed by atoms with E-state index in [0.717, 1.165) is 36.4 Å². The molecule has 1 fully saturated rings. The van der Waals surface area contributed by atoms with E-state index in [1.54, 1.807) is 0 Å². The fourth-order valence-corrected chi connectivity index (χ4v) is 2.33. The van der Waals surface area contributed by atoms with E-state index >= 15 is 0 Å². The largest absolute Gasteiger partial charge is 0.454 e. The van der Waals surface area contributed by atoms with Crippen molar-refractivity contribution >= 4 is 0 Å². The van der Waals surface area contributed by atoms with E-state index in [0.29, 0.717) is 6.79 Å². The van der Waals surface area contributed by atoms with Crippen molar-refractivity contribution in [3.63, 3.8) is 0 Å². The lowest BCUT2D eigenvalue weighted by Crippen LogP contribution is -2.21. The minimum absolute atomic E-state index is 0.352. The van der Waals surface area contributed by atoms with Crippen LogP contribution in [0.4, 0.5) is 0 Å². The van der Waals surface area contributed by atoms with E-state index in [4.69, 9.17) is 9.47 Å². The van der Waals surface area contributed by atoms with Crippen LogP contribution in [-0.4, -0.2) is 13.3 Å². The first kappa shape index (κ1) is 10.9. The normalized spacial score (nSPS) is 19.4. The molecule has 0 bridgehead atoms. The Hall–Kier alpha value is -1.22. The molecule has 0 saturated heterocycles. The van der Waals surface area contributed by atoms with Crippen LogP contribution in [0.5, 0.6) is 11.5 Å². The molecule has 1 atom stereocenters. The Labute approximate surface area is 102 Å². The molecule has 1 unspecified atom stereocenters. The second kappa shape index (κ2) is 4.57. The molecule has 1 aliphatic carbocycles. The highest BCUT2D eigenvalue weighted by atomic mass is 16.7. The van der Waals surface area contributed by atoms with Crippen LogP contribution in [0.3, 0.4) is 0 Å². The van der Waals surface area contributed by atoms with Gasteiger partial charge in [-0.1, -0.05) is 13.0 Å². The fraction of sp³-hybridized carbons (Fsp3) is 0.571. The van der Waals surface area contributed by atoms with Crippen LogP contribution in [0.1, 0.15) is 25.3 Å². The van der Waals surface area contributed by atoms with Gasteiger partial charge in [0.25, 0.3) is 0 Å². The smallest absolute Gasteiger partial charge is 0.231 e. The maximum atomic E-state index is 5.36. The predicted molar refractivity (Wildman–Crippen MR) is 66.2 cm³/mol. The van der Waals surface area contributed by atoms with Crippen LogP contribution in [0.15, 0.2) is 18.2 Å². The number of rotatable bonds is 5. The van der Waals surface area contributed by atoms with E-state index < -0.39 is 0 Å². The van der Waals surface area contributed by atoms with Crippen molar-refractivity contribution < 1.29 is 9.47 Å². The van der Waals surface area contributed by atoms with Gasteiger partial charge in [0.1, 0.15) is 0 Å². The van der Waals surface area contributed by atoms with Gasteiger partial charge in [-0.05, 0) is 48.9 Å². The van der Waals surface area contributed by atoms with Crippen LogP contribution >= 0.6 is 0 Å². The highest BCUT2D eigenvalue weighted by Gasteiger charge is 2.27. The van der Waals surface area contributed by atoms with Gasteiger partial charge >= 0.3 is 0 Å². The van der Waals surface area contributed by atoms with E-state index in [1.807, 2.05) is 6.07 Å². The van der Waals surface area contributed by atoms with Gasteiger partial charge in [-0.15, -0.1) is 0 Å². The molecule has 1 aromatic rings. The van der Waals surface area contributed by atoms with Crippen LogP contribution in [0.25, 0.3) is 0 Å². The first-order chi connectivity index (χ1) is 8.33. The minimum Gasteiger partial charge on any atom is -0.454 e. The van der Waals surface area contributed by atoms with Crippen molar-refractivity contribution in [2.24, 2.45) is 11.8 Å². The molecule has 17 heavy (non-hydrogen) atoms. The third kappa shape index (κ3) is 2.55. The lowest BCUT2D eigenvalue weighted by Gasteiger charge is -2.11. The Morgan fingerprint density at radius 2 is 2.12 bits per heavy atom. The quantitative estimate of drug-likeness (QED) is 0.847. The first-order valence-electron chi connectivity index (χ1n) is 6.42. The number of nitrogens with one attached hydrogen (secondary N) is 1. The maximum Gasteiger partial charge on any atom is 0.231 e. The van der Waals surface area contributed by atoms with Gasteiger partial charge in [0.2, 0.25) is 6.79 Å². The summed E-state index contributed by atoms with van der Waals surface area (Å²) in [7, 11) is 0. The van der Waals surface area contributed by atoms with Crippen molar-refractivity contribution in [2.75, 3.05) is 13.3 Å². The van der Waals surface area contributed by atoms with Gasteiger partial charge in [0.05, 0.1) is 0 Å². The molecule has 0 aromatic heterocycles. The maximum absolute atomic E-state index is 5.36. The van der Waals surface area contributed by atoms with E-state index in [2.05, 4.69) is 24.4 Å². The van der Waals surface area contributed by atoms with Crippen LogP contribution in [0.2, 0.25) is 0 Å². The predicted octanol–water partition coefficient (Wildman–Crippen LogP) is 2.55. The van der Waals surface area contributed by atoms with Gasteiger partial charge < -0.3 is 14.8 Å². The van der Waals surface area contributed by atoms with Crippen LogP contribution in [-0.2, 0) is 6.54 Å². The second-order valence-electron chi connectivity index (χ2n) is 5.13. The highest BCUT2D eigenvalue weighted by Crippen LogP contribution is 2.36. The summed E-state index contributed by atoms with van der Waals surface area (Å²) < 4.78 is 10.7. The number of benzene rings is 1. The number of ether oxygens (including phenoxy) is 2. The Morgan fingerprint density at radius 3 is 2.94 bits per heavy atom. The van der Waals surface area contributed by atoms with E-state index in [1.165, 1.54) is 18.4 Å². The first-order valence-corrected chi connectivity index (χ1v) is 6.42. The average Bonchev–Trinajstić information content (AvgIpc) is 3.08. The molecule has 0 radical (unpaired) electrons. The van der Waals surface area contributed by atoms with Crippen molar-refractivity contribution in [2.45, 2.75) is 26.3 Å². The summed E-state index contributed by atoms with van der Waals surface area (Å²) >= 11 is 0. The molecular formula is C14H19NO2. The Kier molecular flexibility index (Phi) is 2.93. The molecule has 1 heterocycles. The van der Waals surface area contributed by atoms with Crippen LogP contribution in [0, 0.1) is 11.8 Å². The van der Waals surface area contributed by atoms with Crippen molar-refractivity contribution in [3.8, 4) is 11.5 Å². The zero-order chi connectivity index (χ0) is 11.7. The third-order valence-corrected chi connectivity index (χ3v) is 3.66. The zero-order valence-electron chi connectivity index (χ0n) is 10.2. The van der Waals surface area contributed by atoms with Gasteiger partial charge in [-0.25, -0.2) is 0 Å². The van der Waals surface area contributed by atoms with E-state index in [-0.39, 0.29) is 0 Å². The molecule has 1 N–H and O–H groups in total. The Bertz CT molecular complexity index is 401. The van der Waals surface area contributed by atoms with Gasteiger partial charge in [0.15, 0.2) is 11.5 Å². The Morgan fingerprint density at radius 1 is 1.29 bits per heavy atom. The summed E-state index contributed by atoms with van der Waals surface area (Å²) in [6.45, 7) is 4.71. The number of hydrogen-bond acceptors (Lipinski definition) is 3. The topological polar surface area (TPSA) is 30.5 Å². The molecule has 92 valence electrons. The van der Waals surface area contributed by atoms with Gasteiger partial charge in [-0.3, -0.25) is 0 Å². The second-order valence-corrected chi connectivity index (χ2v) is 5.13. The van der Waals surface area contributed by atoms with Crippen molar-refractivity contribution in [3.05, 3.63) is 23.8 Å². The monoisotopic (exact) mass is 233 g/mol. The molecule has 1 saturated carbocycles. The lowest BCUT2D eigenvalue weighted by molar-refractivity contribution is 0.174. The Balaban J connectivity index is 1.51. The number of fused-ring (bicyclic) bond motifs is 1. The third-order valence-electron chi connectivity index (χ3n) is 3.66. The molecule has 0 amide bonds. The fourth-order valence-electron chi connectivity index (χ4n) is 2.33. The molecule has 3 rings (SSSR count). The van der Waals surface area contributed by atoms with Crippen molar-refractivity contribution in [1.29, 1.82) is 0 Å². The molecule has 1 aliphatic heterocycles. The molecule has 0 spiro atoms. The summed E-state index contributed by atoms with van der Waals surface area (Å²) in [5, 5.41) is 3.52. The molecule has 3 nitrogen and oxygen atoms in total. The summed E-state index contributed by atoms with van der Waals surface area (Å²) in [4.78, 5) is 0. The summed E-state index contributed by atoms with van der Waals surface area (Å²) in [6.07, 6.45) is 2.85. The average molecular weight is 233 g/mol. The van der Waals surface area contributed by atoms with Gasteiger partial charge in [0, 0.05) is 6.54 Å². The summed E-state index contributed by atoms with van der Waals surface area (Å²) in [5.41, 5.74) is 1.26. The van der Waals surface area contributed by atoms with Crippen molar-refractivity contribution in [1.82, 2.24) is 5.32 Å². The van der Waals surface area contributed by atoms with Crippen LogP contribution < -0.4 is 14.8 Å². The highest BCUT2D eigenvalue weighted by molar-refractivity contribution is 5.44. The number of hydrogen-bond donors (Lipinski definition) is 1. The summed E-state index contributed by atoms with van der Waals surface area (Å²) in [6, 6.07) is 6.16. The molecule has 3 heteroatoms. The molecular weight excluding hydrogens is 214 g/mol.